The standard InChI is InChI=1S/C9H6BrN3/c10-7-2-4-13-6-8(1-3-11)12-9(13)5-7/h2,4-6H,1H2. The molecule has 0 aliphatic heterocycles. The zero-order chi connectivity index (χ0) is 9.26. The summed E-state index contributed by atoms with van der Waals surface area (Å²) in [6.07, 6.45) is 4.14. The van der Waals surface area contributed by atoms with Crippen LogP contribution in [0, 0.1) is 11.3 Å². The summed E-state index contributed by atoms with van der Waals surface area (Å²) in [4.78, 5) is 4.27. The molecule has 2 aromatic rings. The lowest BCUT2D eigenvalue weighted by molar-refractivity contribution is 1.16. The fourth-order valence-electron chi connectivity index (χ4n) is 1.18. The van der Waals surface area contributed by atoms with Crippen LogP contribution in [-0.2, 0) is 6.42 Å². The Bertz CT molecular complexity index is 481. The predicted molar refractivity (Wildman–Crippen MR) is 52.2 cm³/mol. The van der Waals surface area contributed by atoms with E-state index in [9.17, 15) is 0 Å². The molecule has 0 radical (unpaired) electrons. The van der Waals surface area contributed by atoms with Crippen molar-refractivity contribution < 1.29 is 0 Å². The minimum absolute atomic E-state index is 0.360. The molecule has 2 heterocycles. The summed E-state index contributed by atoms with van der Waals surface area (Å²) in [5, 5.41) is 8.49. The van der Waals surface area contributed by atoms with Crippen LogP contribution in [0.15, 0.2) is 29.0 Å². The van der Waals surface area contributed by atoms with E-state index in [1.807, 2.05) is 28.9 Å². The monoisotopic (exact) mass is 235 g/mol. The zero-order valence-electron chi connectivity index (χ0n) is 6.74. The number of aromatic nitrogens is 2. The van der Waals surface area contributed by atoms with Gasteiger partial charge in [-0.1, -0.05) is 15.9 Å². The van der Waals surface area contributed by atoms with Gasteiger partial charge in [0.05, 0.1) is 18.2 Å². The molecule has 64 valence electrons. The highest BCUT2D eigenvalue weighted by atomic mass is 79.9. The number of rotatable bonds is 1. The van der Waals surface area contributed by atoms with Gasteiger partial charge in [-0.05, 0) is 12.1 Å². The topological polar surface area (TPSA) is 41.1 Å². The average Bonchev–Trinajstić information content (AvgIpc) is 2.46. The fraction of sp³-hybridized carbons (Fsp3) is 0.111. The van der Waals surface area contributed by atoms with Crippen molar-refractivity contribution in [2.45, 2.75) is 6.42 Å². The Kier molecular flexibility index (Phi) is 2.03. The van der Waals surface area contributed by atoms with E-state index in [0.717, 1.165) is 15.8 Å². The van der Waals surface area contributed by atoms with Crippen molar-refractivity contribution >= 4 is 21.6 Å². The fourth-order valence-corrected chi connectivity index (χ4v) is 1.50. The van der Waals surface area contributed by atoms with Crippen molar-refractivity contribution in [1.82, 2.24) is 9.38 Å². The number of fused-ring (bicyclic) bond motifs is 1. The van der Waals surface area contributed by atoms with E-state index in [0.29, 0.717) is 6.42 Å². The van der Waals surface area contributed by atoms with Crippen LogP contribution in [0.4, 0.5) is 0 Å². The molecule has 0 aromatic carbocycles. The van der Waals surface area contributed by atoms with Crippen molar-refractivity contribution in [3.8, 4) is 6.07 Å². The number of nitrogens with zero attached hydrogens (tertiary/aromatic N) is 3. The Labute approximate surface area is 83.8 Å². The second-order valence-corrected chi connectivity index (χ2v) is 3.59. The van der Waals surface area contributed by atoms with E-state index in [-0.39, 0.29) is 0 Å². The molecule has 0 saturated heterocycles. The quantitative estimate of drug-likeness (QED) is 0.761. The Morgan fingerprint density at radius 3 is 3.23 bits per heavy atom. The molecule has 0 amide bonds. The van der Waals surface area contributed by atoms with Crippen molar-refractivity contribution in [2.24, 2.45) is 0 Å². The maximum absolute atomic E-state index is 8.49. The molecule has 13 heavy (non-hydrogen) atoms. The second kappa shape index (κ2) is 3.19. The molecular weight excluding hydrogens is 230 g/mol. The summed E-state index contributed by atoms with van der Waals surface area (Å²) in [5.41, 5.74) is 1.67. The van der Waals surface area contributed by atoms with Crippen LogP contribution in [0.1, 0.15) is 5.69 Å². The highest BCUT2D eigenvalue weighted by Gasteiger charge is 2.00. The van der Waals surface area contributed by atoms with Gasteiger partial charge >= 0.3 is 0 Å². The predicted octanol–water partition coefficient (Wildman–Crippen LogP) is 2.16. The highest BCUT2D eigenvalue weighted by Crippen LogP contribution is 2.13. The number of imidazole rings is 1. The van der Waals surface area contributed by atoms with Crippen LogP contribution < -0.4 is 0 Å². The lowest BCUT2D eigenvalue weighted by Gasteiger charge is -1.91. The van der Waals surface area contributed by atoms with Crippen molar-refractivity contribution in [1.29, 1.82) is 5.26 Å². The Balaban J connectivity index is 2.57. The first kappa shape index (κ1) is 8.27. The largest absolute Gasteiger partial charge is 0.307 e. The summed E-state index contributed by atoms with van der Waals surface area (Å²) in [6.45, 7) is 0. The molecule has 3 nitrogen and oxygen atoms in total. The molecule has 2 rings (SSSR count). The first-order valence-corrected chi connectivity index (χ1v) is 4.59. The third-order valence-corrected chi connectivity index (χ3v) is 2.23. The first-order chi connectivity index (χ1) is 6.29. The molecule has 0 spiro atoms. The van der Waals surface area contributed by atoms with E-state index in [2.05, 4.69) is 27.0 Å². The minimum Gasteiger partial charge on any atom is -0.307 e. The van der Waals surface area contributed by atoms with Gasteiger partial charge in [-0.3, -0.25) is 0 Å². The van der Waals surface area contributed by atoms with E-state index in [1.54, 1.807) is 0 Å². The maximum Gasteiger partial charge on any atom is 0.138 e. The molecule has 0 aliphatic rings. The lowest BCUT2D eigenvalue weighted by Crippen LogP contribution is -1.79. The van der Waals surface area contributed by atoms with E-state index >= 15 is 0 Å². The van der Waals surface area contributed by atoms with Crippen molar-refractivity contribution in [2.75, 3.05) is 0 Å². The van der Waals surface area contributed by atoms with E-state index < -0.39 is 0 Å². The number of hydrogen-bond acceptors (Lipinski definition) is 2. The summed E-state index contributed by atoms with van der Waals surface area (Å²) in [6, 6.07) is 5.92. The molecule has 0 bridgehead atoms. The van der Waals surface area contributed by atoms with Gasteiger partial charge in [0.15, 0.2) is 0 Å². The van der Waals surface area contributed by atoms with Gasteiger partial charge in [-0.2, -0.15) is 5.26 Å². The summed E-state index contributed by atoms with van der Waals surface area (Å²) in [7, 11) is 0. The van der Waals surface area contributed by atoms with Gasteiger partial charge in [0.25, 0.3) is 0 Å². The Morgan fingerprint density at radius 2 is 2.46 bits per heavy atom. The maximum atomic E-state index is 8.49. The van der Waals surface area contributed by atoms with Crippen molar-refractivity contribution in [3.63, 3.8) is 0 Å². The molecule has 2 aromatic heterocycles. The van der Waals surface area contributed by atoms with Gasteiger partial charge in [0.2, 0.25) is 0 Å². The summed E-state index contributed by atoms with van der Waals surface area (Å²) >= 11 is 3.36. The molecule has 0 saturated carbocycles. The molecule has 4 heteroatoms. The van der Waals surface area contributed by atoms with Gasteiger partial charge in [0, 0.05) is 16.9 Å². The lowest BCUT2D eigenvalue weighted by atomic mass is 10.4. The van der Waals surface area contributed by atoms with Crippen LogP contribution in [0.3, 0.4) is 0 Å². The van der Waals surface area contributed by atoms with Gasteiger partial charge in [0.1, 0.15) is 5.65 Å². The van der Waals surface area contributed by atoms with Crippen molar-refractivity contribution in [3.05, 3.63) is 34.7 Å². The smallest absolute Gasteiger partial charge is 0.138 e. The number of halogens is 1. The zero-order valence-corrected chi connectivity index (χ0v) is 8.32. The van der Waals surface area contributed by atoms with Crippen LogP contribution in [0.2, 0.25) is 0 Å². The van der Waals surface area contributed by atoms with Gasteiger partial charge in [-0.15, -0.1) is 0 Å². The molecule has 0 fully saturated rings. The van der Waals surface area contributed by atoms with E-state index in [4.69, 9.17) is 5.26 Å². The van der Waals surface area contributed by atoms with E-state index in [1.165, 1.54) is 0 Å². The summed E-state index contributed by atoms with van der Waals surface area (Å²) in [5.74, 6) is 0. The van der Waals surface area contributed by atoms with Crippen LogP contribution in [0.25, 0.3) is 5.65 Å². The minimum atomic E-state index is 0.360. The van der Waals surface area contributed by atoms with Gasteiger partial charge in [-0.25, -0.2) is 4.98 Å². The summed E-state index contributed by atoms with van der Waals surface area (Å²) < 4.78 is 2.89. The average molecular weight is 236 g/mol. The first-order valence-electron chi connectivity index (χ1n) is 3.79. The number of pyridine rings is 1. The molecule has 0 N–H and O–H groups in total. The number of hydrogen-bond donors (Lipinski definition) is 0. The third kappa shape index (κ3) is 1.56. The Morgan fingerprint density at radius 1 is 1.62 bits per heavy atom. The van der Waals surface area contributed by atoms with Crippen LogP contribution in [-0.4, -0.2) is 9.38 Å². The molecule has 0 aliphatic carbocycles. The Hall–Kier alpha value is -1.34. The molecule has 0 atom stereocenters. The second-order valence-electron chi connectivity index (χ2n) is 2.68. The normalized spacial score (nSPS) is 10.2. The SMILES string of the molecule is N#CCc1cn2ccc(Br)cc2n1. The molecular formula is C9H6BrN3. The van der Waals surface area contributed by atoms with Gasteiger partial charge < -0.3 is 4.40 Å². The number of nitriles is 1. The van der Waals surface area contributed by atoms with Crippen LogP contribution in [0.5, 0.6) is 0 Å². The third-order valence-electron chi connectivity index (χ3n) is 1.73. The molecule has 0 unspecified atom stereocenters. The van der Waals surface area contributed by atoms with Crippen LogP contribution >= 0.6 is 15.9 Å². The highest BCUT2D eigenvalue weighted by molar-refractivity contribution is 9.10.